The Morgan fingerprint density at radius 2 is 1.39 bits per heavy atom. The van der Waals surface area contributed by atoms with Gasteiger partial charge in [-0.05, 0) is 77.5 Å². The summed E-state index contributed by atoms with van der Waals surface area (Å²) < 4.78 is 18.4. The van der Waals surface area contributed by atoms with Gasteiger partial charge in [-0.25, -0.2) is 4.79 Å². The molecule has 2 atom stereocenters. The van der Waals surface area contributed by atoms with Gasteiger partial charge in [0.25, 0.3) is 0 Å². The van der Waals surface area contributed by atoms with Gasteiger partial charge >= 0.3 is 6.09 Å². The predicted octanol–water partition coefficient (Wildman–Crippen LogP) is 6.79. The average molecular weight is 468 g/mol. The Bertz CT molecular complexity index is 746. The van der Waals surface area contributed by atoms with Crippen molar-refractivity contribution in [3.8, 4) is 0 Å². The van der Waals surface area contributed by atoms with E-state index < -0.39 is 37.8 Å². The van der Waals surface area contributed by atoms with Crippen molar-refractivity contribution >= 4 is 31.7 Å². The van der Waals surface area contributed by atoms with Crippen LogP contribution in [0.2, 0.25) is 18.1 Å². The van der Waals surface area contributed by atoms with E-state index in [0.717, 1.165) is 5.56 Å². The van der Waals surface area contributed by atoms with E-state index in [2.05, 4.69) is 39.2 Å². The first kappa shape index (κ1) is 27.6. The summed E-state index contributed by atoms with van der Waals surface area (Å²) in [7, 11) is -2.26. The minimum atomic E-state index is -2.26. The monoisotopic (exact) mass is 467 g/mol. The number of carbonyl (C=O) groups excluding carboxylic acids is 1. The van der Waals surface area contributed by atoms with Crippen LogP contribution in [-0.4, -0.2) is 36.8 Å². The third-order valence-electron chi connectivity index (χ3n) is 5.00. The number of benzene rings is 1. The van der Waals surface area contributed by atoms with Gasteiger partial charge in [-0.1, -0.05) is 51.1 Å². The molecule has 31 heavy (non-hydrogen) atoms. The van der Waals surface area contributed by atoms with Crippen molar-refractivity contribution in [1.29, 1.82) is 0 Å². The van der Waals surface area contributed by atoms with Crippen molar-refractivity contribution in [3.05, 3.63) is 35.9 Å². The van der Waals surface area contributed by atoms with Gasteiger partial charge in [0, 0.05) is 0 Å². The summed E-state index contributed by atoms with van der Waals surface area (Å²) in [6.07, 6.45) is -1.17. The molecule has 0 saturated heterocycles. The largest absolute Gasteiger partial charge is 0.479 e. The molecule has 0 aromatic heterocycles. The number of amides is 1. The van der Waals surface area contributed by atoms with Crippen LogP contribution in [-0.2, 0) is 13.9 Å². The zero-order chi connectivity index (χ0) is 24.3. The van der Waals surface area contributed by atoms with E-state index in [1.165, 1.54) is 0 Å². The van der Waals surface area contributed by atoms with Gasteiger partial charge in [-0.2, -0.15) is 0 Å². The second-order valence-corrected chi connectivity index (χ2v) is 16.5. The first-order valence-electron chi connectivity index (χ1n) is 10.8. The Balaban J connectivity index is 3.44. The van der Waals surface area contributed by atoms with E-state index in [1.807, 2.05) is 71.9 Å². The number of ether oxygens (including phenoxy) is 2. The number of thiocarbonyl (C=S) groups is 1. The third-order valence-corrected chi connectivity index (χ3v) is 9.77. The molecule has 0 spiro atoms. The second-order valence-electron chi connectivity index (χ2n) is 11.4. The Morgan fingerprint density at radius 1 is 0.903 bits per heavy atom. The van der Waals surface area contributed by atoms with Gasteiger partial charge in [-0.3, -0.25) is 0 Å². The highest BCUT2D eigenvalue weighted by Crippen LogP contribution is 2.39. The summed E-state index contributed by atoms with van der Waals surface area (Å²) in [5.74, 6) is 0. The topological polar surface area (TPSA) is 56.8 Å². The normalized spacial score (nSPS) is 15.1. The average Bonchev–Trinajstić information content (AvgIpc) is 2.54. The Morgan fingerprint density at radius 3 is 1.81 bits per heavy atom. The minimum absolute atomic E-state index is 0.0459. The van der Waals surface area contributed by atoms with Crippen LogP contribution < -0.4 is 5.32 Å². The van der Waals surface area contributed by atoms with Crippen LogP contribution in [0.3, 0.4) is 0 Å². The van der Waals surface area contributed by atoms with Crippen molar-refractivity contribution in [2.24, 2.45) is 0 Å². The third kappa shape index (κ3) is 9.29. The smallest absolute Gasteiger partial charge is 0.408 e. The van der Waals surface area contributed by atoms with Crippen LogP contribution >= 0.6 is 12.2 Å². The van der Waals surface area contributed by atoms with Crippen molar-refractivity contribution in [3.63, 3.8) is 0 Å². The van der Waals surface area contributed by atoms with Gasteiger partial charge in [0.2, 0.25) is 0 Å². The van der Waals surface area contributed by atoms with Gasteiger partial charge < -0.3 is 19.2 Å². The molecule has 0 heterocycles. The summed E-state index contributed by atoms with van der Waals surface area (Å²) in [5, 5.41) is 3.27. The van der Waals surface area contributed by atoms with E-state index in [1.54, 1.807) is 0 Å². The molecule has 5 nitrogen and oxygen atoms in total. The number of hydrogen-bond donors (Lipinski definition) is 1. The maximum absolute atomic E-state index is 12.8. The zero-order valence-corrected chi connectivity index (χ0v) is 22.9. The molecule has 2 unspecified atom stereocenters. The van der Waals surface area contributed by atoms with E-state index in [9.17, 15) is 4.79 Å². The fraction of sp³-hybridized carbons (Fsp3) is 0.667. The number of rotatable bonds is 6. The van der Waals surface area contributed by atoms with E-state index in [4.69, 9.17) is 26.1 Å². The summed E-state index contributed by atoms with van der Waals surface area (Å²) >= 11 is 5.74. The molecule has 0 aliphatic heterocycles. The molecule has 1 rings (SSSR count). The molecule has 0 fully saturated rings. The molecule has 0 radical (unpaired) electrons. The van der Waals surface area contributed by atoms with Crippen molar-refractivity contribution in [2.75, 3.05) is 0 Å². The lowest BCUT2D eigenvalue weighted by Gasteiger charge is -2.42. The molecule has 0 aliphatic carbocycles. The van der Waals surface area contributed by atoms with Gasteiger partial charge in [-0.15, -0.1) is 0 Å². The summed E-state index contributed by atoms with van der Waals surface area (Å²) in [6, 6.07) is 9.13. The zero-order valence-electron chi connectivity index (χ0n) is 21.1. The number of alkyl carbamates (subject to hydrolysis) is 1. The van der Waals surface area contributed by atoms with E-state index in [-0.39, 0.29) is 5.04 Å². The first-order chi connectivity index (χ1) is 13.8. The quantitative estimate of drug-likeness (QED) is 0.369. The standard InChI is InChI=1S/C24H41NO4SSi/c1-22(2,3)27-20(30)19(29-31(10,11)24(7,8)9)18(17-15-13-12-14-16-17)25-21(26)28-23(4,5)6/h12-16,18-19H,1-11H3,(H,25,26). The highest BCUT2D eigenvalue weighted by atomic mass is 32.1. The highest BCUT2D eigenvalue weighted by Gasteiger charge is 2.44. The maximum Gasteiger partial charge on any atom is 0.408 e. The van der Waals surface area contributed by atoms with E-state index in [0.29, 0.717) is 5.05 Å². The van der Waals surface area contributed by atoms with Crippen LogP contribution in [0.5, 0.6) is 0 Å². The van der Waals surface area contributed by atoms with Crippen molar-refractivity contribution in [2.45, 2.75) is 104 Å². The van der Waals surface area contributed by atoms with Crippen molar-refractivity contribution < 1.29 is 18.7 Å². The molecule has 0 saturated carbocycles. The summed E-state index contributed by atoms with van der Waals surface area (Å²) in [6.45, 7) is 22.2. The Labute approximate surface area is 195 Å². The van der Waals surface area contributed by atoms with Crippen LogP contribution in [0.4, 0.5) is 4.79 Å². The maximum atomic E-state index is 12.8. The molecular weight excluding hydrogens is 426 g/mol. The molecule has 0 aliphatic rings. The molecule has 1 N–H and O–H groups in total. The fourth-order valence-corrected chi connectivity index (χ4v) is 4.29. The van der Waals surface area contributed by atoms with Gasteiger partial charge in [0.05, 0.1) is 6.04 Å². The SMILES string of the molecule is CC(C)(C)OC(=O)NC(c1ccccc1)C(O[Si](C)(C)C(C)(C)C)C(=S)OC(C)(C)C. The van der Waals surface area contributed by atoms with E-state index >= 15 is 0 Å². The molecular formula is C24H41NO4SSi. The molecule has 176 valence electrons. The van der Waals surface area contributed by atoms with Crippen LogP contribution in [0, 0.1) is 0 Å². The molecule has 0 bridgehead atoms. The van der Waals surface area contributed by atoms with Crippen molar-refractivity contribution in [1.82, 2.24) is 5.32 Å². The Kier molecular flexibility index (Phi) is 8.90. The molecule has 7 heteroatoms. The lowest BCUT2D eigenvalue weighted by molar-refractivity contribution is 0.0436. The first-order valence-corrected chi connectivity index (χ1v) is 14.1. The van der Waals surface area contributed by atoms with Crippen LogP contribution in [0.15, 0.2) is 30.3 Å². The predicted molar refractivity (Wildman–Crippen MR) is 134 cm³/mol. The van der Waals surface area contributed by atoms with Gasteiger partial charge in [0.15, 0.2) is 13.4 Å². The lowest BCUT2D eigenvalue weighted by atomic mass is 10.0. The summed E-state index contributed by atoms with van der Waals surface area (Å²) in [5.41, 5.74) is -0.236. The Hall–Kier alpha value is -1.44. The second kappa shape index (κ2) is 10.0. The summed E-state index contributed by atoms with van der Waals surface area (Å²) in [4.78, 5) is 12.8. The van der Waals surface area contributed by atoms with Gasteiger partial charge in [0.1, 0.15) is 17.3 Å². The lowest BCUT2D eigenvalue weighted by Crippen LogP contribution is -2.52. The minimum Gasteiger partial charge on any atom is -0.479 e. The molecule has 1 aromatic carbocycles. The van der Waals surface area contributed by atoms with Crippen LogP contribution in [0.25, 0.3) is 0 Å². The number of carbonyl (C=O) groups is 1. The highest BCUT2D eigenvalue weighted by molar-refractivity contribution is 7.80. The molecule has 1 aromatic rings. The fourth-order valence-electron chi connectivity index (χ4n) is 2.53. The van der Waals surface area contributed by atoms with Crippen LogP contribution in [0.1, 0.15) is 73.9 Å². The molecule has 1 amide bonds. The number of nitrogens with one attached hydrogen (secondary N) is 1. The number of hydrogen-bond acceptors (Lipinski definition) is 5.